The molecule has 0 aliphatic carbocycles. The lowest BCUT2D eigenvalue weighted by Gasteiger charge is -2.19. The lowest BCUT2D eigenvalue weighted by atomic mass is 10.1. The van der Waals surface area contributed by atoms with Crippen LogP contribution in [0.15, 0.2) is 12.2 Å². The van der Waals surface area contributed by atoms with Crippen LogP contribution < -0.4 is 5.73 Å². The topological polar surface area (TPSA) is 134 Å². The summed E-state index contributed by atoms with van der Waals surface area (Å²) in [7, 11) is -4.36. The molecule has 0 bridgehead atoms. The van der Waals surface area contributed by atoms with Gasteiger partial charge in [-0.3, -0.25) is 18.6 Å². The van der Waals surface area contributed by atoms with Crippen LogP contribution in [0.1, 0.15) is 149 Å². The number of phosphoric ester groups is 1. The molecule has 0 amide bonds. The number of unbranched alkanes of at least 4 members (excludes halogenated alkanes) is 16. The lowest BCUT2D eigenvalue weighted by molar-refractivity contribution is -0.161. The lowest BCUT2D eigenvalue weighted by Crippen LogP contribution is -2.29. The number of hydrogen-bond acceptors (Lipinski definition) is 8. The molecule has 0 heterocycles. The maximum Gasteiger partial charge on any atom is 0.472 e. The highest BCUT2D eigenvalue weighted by Gasteiger charge is 2.25. The van der Waals surface area contributed by atoms with Crippen LogP contribution in [0.3, 0.4) is 0 Å². The van der Waals surface area contributed by atoms with Gasteiger partial charge in [-0.05, 0) is 38.5 Å². The molecule has 42 heavy (non-hydrogen) atoms. The zero-order chi connectivity index (χ0) is 31.2. The van der Waals surface area contributed by atoms with Crippen molar-refractivity contribution < 1.29 is 37.6 Å². The molecule has 0 fully saturated rings. The fourth-order valence-corrected chi connectivity index (χ4v) is 5.16. The highest BCUT2D eigenvalue weighted by molar-refractivity contribution is 7.47. The van der Waals surface area contributed by atoms with E-state index in [-0.39, 0.29) is 32.6 Å². The molecule has 0 aromatic rings. The number of ether oxygens (including phenoxy) is 2. The molecule has 0 saturated carbocycles. The maximum atomic E-state index is 12.4. The van der Waals surface area contributed by atoms with Gasteiger partial charge in [-0.2, -0.15) is 0 Å². The maximum absolute atomic E-state index is 12.4. The summed E-state index contributed by atoms with van der Waals surface area (Å²) >= 11 is 0. The minimum atomic E-state index is -4.36. The first kappa shape index (κ1) is 40.8. The van der Waals surface area contributed by atoms with E-state index >= 15 is 0 Å². The number of nitrogens with two attached hydrogens (primary N) is 1. The van der Waals surface area contributed by atoms with E-state index in [9.17, 15) is 19.0 Å². The van der Waals surface area contributed by atoms with Crippen LogP contribution >= 0.6 is 7.82 Å². The molecule has 0 saturated heterocycles. The third-order valence-electron chi connectivity index (χ3n) is 6.90. The summed E-state index contributed by atoms with van der Waals surface area (Å²) in [6.07, 6.45) is 25.6. The van der Waals surface area contributed by atoms with E-state index in [2.05, 4.69) is 26.0 Å². The highest BCUT2D eigenvalue weighted by atomic mass is 31.2. The van der Waals surface area contributed by atoms with Crippen LogP contribution in [0.25, 0.3) is 0 Å². The van der Waals surface area contributed by atoms with Crippen molar-refractivity contribution in [2.45, 2.75) is 155 Å². The van der Waals surface area contributed by atoms with Gasteiger partial charge in [0, 0.05) is 19.4 Å². The molecule has 0 radical (unpaired) electrons. The van der Waals surface area contributed by atoms with Gasteiger partial charge in [0.05, 0.1) is 13.2 Å². The summed E-state index contributed by atoms with van der Waals surface area (Å²) in [4.78, 5) is 34.3. The molecule has 2 atom stereocenters. The normalized spacial score (nSPS) is 13.7. The minimum absolute atomic E-state index is 0.0539. The molecular weight excluding hydrogens is 557 g/mol. The van der Waals surface area contributed by atoms with E-state index in [1.165, 1.54) is 57.8 Å². The van der Waals surface area contributed by atoms with Crippen molar-refractivity contribution in [1.29, 1.82) is 0 Å². The molecule has 9 nitrogen and oxygen atoms in total. The third kappa shape index (κ3) is 28.9. The van der Waals surface area contributed by atoms with Crippen LogP contribution in [0.4, 0.5) is 0 Å². The minimum Gasteiger partial charge on any atom is -0.462 e. The largest absolute Gasteiger partial charge is 0.472 e. The number of allylic oxidation sites excluding steroid dienone is 2. The Kier molecular flexibility index (Phi) is 28.9. The van der Waals surface area contributed by atoms with Crippen molar-refractivity contribution in [3.8, 4) is 0 Å². The van der Waals surface area contributed by atoms with Gasteiger partial charge in [0.15, 0.2) is 6.10 Å². The molecule has 0 aromatic heterocycles. The first-order valence-electron chi connectivity index (χ1n) is 16.7. The number of esters is 2. The van der Waals surface area contributed by atoms with E-state index < -0.39 is 32.5 Å². The predicted molar refractivity (Wildman–Crippen MR) is 169 cm³/mol. The van der Waals surface area contributed by atoms with E-state index in [4.69, 9.17) is 24.3 Å². The molecule has 0 aliphatic heterocycles. The molecular formula is C32H62NO8P. The first-order valence-corrected chi connectivity index (χ1v) is 18.2. The summed E-state index contributed by atoms with van der Waals surface area (Å²) in [5.41, 5.74) is 5.30. The smallest absolute Gasteiger partial charge is 0.462 e. The number of rotatable bonds is 31. The Hall–Kier alpha value is -1.25. The number of hydrogen-bond donors (Lipinski definition) is 2. The van der Waals surface area contributed by atoms with Crippen LogP contribution in [0.2, 0.25) is 0 Å². The van der Waals surface area contributed by atoms with Crippen molar-refractivity contribution in [1.82, 2.24) is 0 Å². The van der Waals surface area contributed by atoms with Gasteiger partial charge in [-0.25, -0.2) is 4.57 Å². The fourth-order valence-electron chi connectivity index (χ4n) is 4.39. The number of carbonyl (C=O) groups excluding carboxylic acids is 2. The molecule has 0 rings (SSSR count). The number of phosphoric acid groups is 1. The molecule has 10 heteroatoms. The van der Waals surface area contributed by atoms with Crippen molar-refractivity contribution in [3.63, 3.8) is 0 Å². The van der Waals surface area contributed by atoms with E-state index in [0.29, 0.717) is 6.42 Å². The molecule has 1 unspecified atom stereocenters. The predicted octanol–water partition coefficient (Wildman–Crippen LogP) is 8.32. The first-order chi connectivity index (χ1) is 20.3. The SMILES string of the molecule is CCCCCCCC/C=C/CCCCCCCC(=O)O[C@H](COC(=O)CCCCCCCC)COP(=O)(O)OCCN. The second kappa shape index (κ2) is 29.8. The zero-order valence-electron chi connectivity index (χ0n) is 26.7. The summed E-state index contributed by atoms with van der Waals surface area (Å²) in [6, 6.07) is 0. The van der Waals surface area contributed by atoms with Gasteiger partial charge in [-0.15, -0.1) is 0 Å². The molecule has 3 N–H and O–H groups in total. The van der Waals surface area contributed by atoms with Gasteiger partial charge in [0.1, 0.15) is 6.61 Å². The third-order valence-corrected chi connectivity index (χ3v) is 7.89. The van der Waals surface area contributed by atoms with Gasteiger partial charge in [0.25, 0.3) is 0 Å². The second-order valence-corrected chi connectivity index (χ2v) is 12.5. The summed E-state index contributed by atoms with van der Waals surface area (Å²) < 4.78 is 32.4. The quantitative estimate of drug-likeness (QED) is 0.0340. The van der Waals surface area contributed by atoms with E-state index in [1.54, 1.807) is 0 Å². The van der Waals surface area contributed by atoms with Gasteiger partial charge in [0.2, 0.25) is 0 Å². The second-order valence-electron chi connectivity index (χ2n) is 11.0. The van der Waals surface area contributed by atoms with Crippen LogP contribution in [-0.2, 0) is 32.7 Å². The van der Waals surface area contributed by atoms with Crippen molar-refractivity contribution in [2.75, 3.05) is 26.4 Å². The zero-order valence-corrected chi connectivity index (χ0v) is 27.6. The average molecular weight is 620 g/mol. The van der Waals surface area contributed by atoms with Crippen molar-refractivity contribution in [2.24, 2.45) is 5.73 Å². The molecule has 0 aliphatic rings. The summed E-state index contributed by atoms with van der Waals surface area (Å²) in [5.74, 6) is -0.848. The van der Waals surface area contributed by atoms with Gasteiger partial charge in [-0.1, -0.05) is 109 Å². The van der Waals surface area contributed by atoms with Crippen LogP contribution in [0.5, 0.6) is 0 Å². The highest BCUT2D eigenvalue weighted by Crippen LogP contribution is 2.43. The Balaban J connectivity index is 4.23. The van der Waals surface area contributed by atoms with Gasteiger partial charge >= 0.3 is 19.8 Å². The Morgan fingerprint density at radius 2 is 1.17 bits per heavy atom. The molecule has 0 aromatic carbocycles. The van der Waals surface area contributed by atoms with Crippen LogP contribution in [0, 0.1) is 0 Å². The Morgan fingerprint density at radius 3 is 1.69 bits per heavy atom. The molecule has 0 spiro atoms. The van der Waals surface area contributed by atoms with Crippen molar-refractivity contribution >= 4 is 19.8 Å². The molecule has 248 valence electrons. The Morgan fingerprint density at radius 1 is 0.690 bits per heavy atom. The van der Waals surface area contributed by atoms with Crippen LogP contribution in [-0.4, -0.2) is 49.3 Å². The summed E-state index contributed by atoms with van der Waals surface area (Å²) in [5, 5.41) is 0. The van der Waals surface area contributed by atoms with E-state index in [1.807, 2.05) is 0 Å². The Bertz CT molecular complexity index is 719. The van der Waals surface area contributed by atoms with E-state index in [0.717, 1.165) is 57.8 Å². The van der Waals surface area contributed by atoms with Gasteiger partial charge < -0.3 is 20.1 Å². The summed E-state index contributed by atoms with van der Waals surface area (Å²) in [6.45, 7) is 3.62. The Labute approximate surface area is 256 Å². The monoisotopic (exact) mass is 619 g/mol. The fraction of sp³-hybridized carbons (Fsp3) is 0.875. The van der Waals surface area contributed by atoms with Crippen molar-refractivity contribution in [3.05, 3.63) is 12.2 Å². The standard InChI is InChI=1S/C32H62NO8P/c1-3-5-7-9-11-12-13-14-15-16-17-18-19-21-23-25-32(35)41-30(29-40-42(36,37)39-27-26-33)28-38-31(34)24-22-20-10-8-6-4-2/h14-15,30H,3-13,16-29,33H2,1-2H3,(H,36,37)/b15-14+/t30-/m1/s1. The number of carbonyl (C=O) groups is 2. The average Bonchev–Trinajstić information content (AvgIpc) is 2.97.